The highest BCUT2D eigenvalue weighted by molar-refractivity contribution is 6.05. The van der Waals surface area contributed by atoms with Crippen molar-refractivity contribution in [2.75, 3.05) is 14.2 Å². The molecule has 0 atom stereocenters. The lowest BCUT2D eigenvalue weighted by Gasteiger charge is -2.12. The van der Waals surface area contributed by atoms with E-state index >= 15 is 0 Å². The van der Waals surface area contributed by atoms with Crippen molar-refractivity contribution < 1.29 is 38.8 Å². The fourth-order valence-corrected chi connectivity index (χ4v) is 3.38. The molecule has 0 radical (unpaired) electrons. The van der Waals surface area contributed by atoms with Gasteiger partial charge in [-0.15, -0.1) is 0 Å². The maximum atomic E-state index is 11.6. The van der Waals surface area contributed by atoms with Crippen LogP contribution in [0.4, 0.5) is 0 Å². The highest BCUT2D eigenvalue weighted by Crippen LogP contribution is 2.49. The number of phenolic OH excluding ortho intramolecular Hbond substituents is 2. The zero-order chi connectivity index (χ0) is 20.7. The molecule has 28 heavy (non-hydrogen) atoms. The molecule has 0 fully saturated rings. The summed E-state index contributed by atoms with van der Waals surface area (Å²) < 4.78 is 16.3. The van der Waals surface area contributed by atoms with Gasteiger partial charge in [0.25, 0.3) is 0 Å². The van der Waals surface area contributed by atoms with Gasteiger partial charge in [0, 0.05) is 27.6 Å². The molecule has 0 unspecified atom stereocenters. The van der Waals surface area contributed by atoms with Gasteiger partial charge >= 0.3 is 5.75 Å². The van der Waals surface area contributed by atoms with E-state index in [2.05, 4.69) is 0 Å². The fourth-order valence-electron chi connectivity index (χ4n) is 3.38. The maximum absolute atomic E-state index is 11.6. The molecule has 0 aliphatic heterocycles. The van der Waals surface area contributed by atoms with Crippen molar-refractivity contribution in [3.8, 4) is 40.1 Å². The Morgan fingerprint density at radius 3 is 2.11 bits per heavy atom. The number of hydrogen-bond acceptors (Lipinski definition) is 7. The molecule has 0 saturated heterocycles. The first kappa shape index (κ1) is 19.1. The number of hydrogen-bond donors (Lipinski definition) is 2. The van der Waals surface area contributed by atoms with Gasteiger partial charge in [-0.1, -0.05) is 0 Å². The van der Waals surface area contributed by atoms with Crippen molar-refractivity contribution in [3.05, 3.63) is 28.3 Å². The Hall–Kier alpha value is -3.68. The number of furan rings is 1. The average molecular weight is 387 g/mol. The minimum Gasteiger partial charge on any atom is -0.588 e. The maximum Gasteiger partial charge on any atom is 0.340 e. The number of phenols is 2. The third kappa shape index (κ3) is 2.45. The summed E-state index contributed by atoms with van der Waals surface area (Å²) in [5.41, 5.74) is 1.12. The van der Waals surface area contributed by atoms with E-state index in [0.717, 1.165) is 0 Å². The number of carbonyl (C=O) groups excluding carboxylic acids is 2. The Balaban J connectivity index is 2.49. The molecule has 0 aliphatic rings. The number of aromatic hydroxyl groups is 2. The second-order valence-electron chi connectivity index (χ2n) is 6.18. The van der Waals surface area contributed by atoms with E-state index in [-0.39, 0.29) is 51.0 Å². The quantitative estimate of drug-likeness (QED) is 0.508. The van der Waals surface area contributed by atoms with Crippen LogP contribution in [0.25, 0.3) is 22.3 Å². The summed E-state index contributed by atoms with van der Waals surface area (Å²) in [4.78, 5) is 23.2. The molecule has 1 aromatic heterocycles. The first-order chi connectivity index (χ1) is 13.3. The van der Waals surface area contributed by atoms with Crippen molar-refractivity contribution >= 4 is 23.5 Å². The van der Waals surface area contributed by atoms with Crippen LogP contribution in [-0.4, -0.2) is 42.1 Å². The van der Waals surface area contributed by atoms with Gasteiger partial charge in [0.2, 0.25) is 17.2 Å². The third-order valence-corrected chi connectivity index (χ3v) is 4.80. The molecule has 0 aliphatic carbocycles. The normalized spacial score (nSPS) is 10.9. The standard InChI is InChI=1S/C20H18O8/c1-8-11(6-21)10-5-13(28-19(10)20(27-4)15(8)23)14-9(2)18(26-3)17(25)16(24)12(14)7-22/h5-7,23-25H,1-4H3/p+1. The molecular weight excluding hydrogens is 368 g/mol. The van der Waals surface area contributed by atoms with Crippen LogP contribution in [0.15, 0.2) is 10.5 Å². The zero-order valence-corrected chi connectivity index (χ0v) is 15.7. The summed E-state index contributed by atoms with van der Waals surface area (Å²) in [7, 11) is 2.69. The van der Waals surface area contributed by atoms with Crippen molar-refractivity contribution in [3.63, 3.8) is 0 Å². The van der Waals surface area contributed by atoms with Crippen LogP contribution in [0.2, 0.25) is 0 Å². The first-order valence-corrected chi connectivity index (χ1v) is 8.21. The molecule has 3 rings (SSSR count). The van der Waals surface area contributed by atoms with E-state index in [1.807, 2.05) is 0 Å². The predicted octanol–water partition coefficient (Wildman–Crippen LogP) is 3.21. The second-order valence-corrected chi connectivity index (χ2v) is 6.18. The smallest absolute Gasteiger partial charge is 0.340 e. The van der Waals surface area contributed by atoms with Gasteiger partial charge in [0.15, 0.2) is 23.9 Å². The summed E-state index contributed by atoms with van der Waals surface area (Å²) >= 11 is 0. The molecule has 0 amide bonds. The van der Waals surface area contributed by atoms with Gasteiger partial charge in [0.05, 0.1) is 19.8 Å². The van der Waals surface area contributed by atoms with Crippen LogP contribution in [-0.2, 0) is 0 Å². The van der Waals surface area contributed by atoms with Crippen LogP contribution < -0.4 is 9.47 Å². The molecule has 8 nitrogen and oxygen atoms in total. The van der Waals surface area contributed by atoms with Gasteiger partial charge in [0.1, 0.15) is 5.76 Å². The second kappa shape index (κ2) is 6.80. The van der Waals surface area contributed by atoms with E-state index in [9.17, 15) is 19.8 Å². The lowest BCUT2D eigenvalue weighted by molar-refractivity contribution is 0.111. The number of carbonyl (C=O) groups is 2. The highest BCUT2D eigenvalue weighted by Gasteiger charge is 2.29. The minimum atomic E-state index is -0.547. The van der Waals surface area contributed by atoms with E-state index in [1.165, 1.54) is 20.3 Å². The summed E-state index contributed by atoms with van der Waals surface area (Å²) in [6.07, 6.45) is 1.01. The van der Waals surface area contributed by atoms with Crippen LogP contribution in [0.5, 0.6) is 28.7 Å². The van der Waals surface area contributed by atoms with E-state index in [4.69, 9.17) is 19.0 Å². The predicted molar refractivity (Wildman–Crippen MR) is 101 cm³/mol. The largest absolute Gasteiger partial charge is 0.588 e. The van der Waals surface area contributed by atoms with E-state index in [0.29, 0.717) is 29.1 Å². The fraction of sp³-hybridized carbons (Fsp3) is 0.200. The minimum absolute atomic E-state index is 0.0444. The van der Waals surface area contributed by atoms with E-state index < -0.39 is 5.75 Å². The van der Waals surface area contributed by atoms with Crippen molar-refractivity contribution in [1.82, 2.24) is 0 Å². The Kier molecular flexibility index (Phi) is 4.64. The van der Waals surface area contributed by atoms with Crippen molar-refractivity contribution in [1.29, 1.82) is 0 Å². The van der Waals surface area contributed by atoms with E-state index in [1.54, 1.807) is 13.8 Å². The number of fused-ring (bicyclic) bond motifs is 1. The SMILES string of the molecule is COc1c(C)c(-c2cc3c(C=O)c(C)c(O)c(OC)c3o2)c(C=O)c(O)c1[OH2+]. The molecule has 3 aromatic rings. The lowest BCUT2D eigenvalue weighted by atomic mass is 9.96. The third-order valence-electron chi connectivity index (χ3n) is 4.80. The van der Waals surface area contributed by atoms with Crippen molar-refractivity contribution in [2.45, 2.75) is 13.8 Å². The zero-order valence-electron chi connectivity index (χ0n) is 15.7. The van der Waals surface area contributed by atoms with Crippen LogP contribution in [0.1, 0.15) is 31.8 Å². The average Bonchev–Trinajstić information content (AvgIpc) is 3.10. The molecule has 8 heteroatoms. The Bertz CT molecular complexity index is 1120. The molecule has 0 spiro atoms. The Labute approximate surface area is 159 Å². The summed E-state index contributed by atoms with van der Waals surface area (Å²) in [5.74, 6) is -0.818. The van der Waals surface area contributed by atoms with Gasteiger partial charge in [-0.3, -0.25) is 9.59 Å². The topological polar surface area (TPSA) is 129 Å². The first-order valence-electron chi connectivity index (χ1n) is 8.21. The molecule has 0 saturated carbocycles. The molecule has 2 aromatic carbocycles. The monoisotopic (exact) mass is 387 g/mol. The molecule has 4 N–H and O–H groups in total. The molecule has 0 bridgehead atoms. The van der Waals surface area contributed by atoms with Crippen LogP contribution in [0.3, 0.4) is 0 Å². The van der Waals surface area contributed by atoms with Crippen molar-refractivity contribution in [2.24, 2.45) is 0 Å². The summed E-state index contributed by atoms with van der Waals surface area (Å²) in [6, 6.07) is 1.52. The van der Waals surface area contributed by atoms with Gasteiger partial charge in [-0.05, 0) is 19.9 Å². The Morgan fingerprint density at radius 2 is 1.57 bits per heavy atom. The molecule has 146 valence electrons. The number of benzene rings is 2. The lowest BCUT2D eigenvalue weighted by Crippen LogP contribution is -1.97. The molecular formula is C20H19O8+. The molecule has 1 heterocycles. The van der Waals surface area contributed by atoms with Crippen LogP contribution in [0, 0.1) is 13.8 Å². The number of rotatable bonds is 5. The Morgan fingerprint density at radius 1 is 0.964 bits per heavy atom. The number of methoxy groups -OCH3 is 2. The summed E-state index contributed by atoms with van der Waals surface area (Å²) in [5, 5.41) is 28.9. The van der Waals surface area contributed by atoms with Crippen LogP contribution >= 0.6 is 0 Å². The summed E-state index contributed by atoms with van der Waals surface area (Å²) in [6.45, 7) is 3.19. The van der Waals surface area contributed by atoms with Gasteiger partial charge in [-0.25, -0.2) is 0 Å². The van der Waals surface area contributed by atoms with Gasteiger partial charge < -0.3 is 29.2 Å². The van der Waals surface area contributed by atoms with Gasteiger partial charge in [-0.2, -0.15) is 0 Å². The number of ether oxygens (including phenoxy) is 2. The highest BCUT2D eigenvalue weighted by atomic mass is 16.5. The number of aldehydes is 2.